The van der Waals surface area contributed by atoms with Crippen molar-refractivity contribution in [3.8, 4) is 35.1 Å². The van der Waals surface area contributed by atoms with Crippen LogP contribution in [0, 0.1) is 32.8 Å². The number of carboxylic acid groups (broad SMARTS) is 5. The number of nitrogens with zero attached hydrogens (tertiary/aromatic N) is 3. The second-order valence-corrected chi connectivity index (χ2v) is 26.8. The summed E-state index contributed by atoms with van der Waals surface area (Å²) in [6.45, 7) is 1.48. The zero-order valence-corrected chi connectivity index (χ0v) is 69.5. The molecule has 644 valence electrons. The Kier molecular flexibility index (Phi) is 42.3. The van der Waals surface area contributed by atoms with E-state index in [-0.39, 0.29) is 93.5 Å². The largest absolute Gasteiger partial charge is 1.00 e. The molecule has 44 heteroatoms. The molecule has 8 rings (SSSR count). The van der Waals surface area contributed by atoms with Crippen molar-refractivity contribution >= 4 is 116 Å². The van der Waals surface area contributed by atoms with Gasteiger partial charge in [0, 0.05) is 54.5 Å². The number of nitriles is 2. The van der Waals surface area contributed by atoms with E-state index in [0.717, 1.165) is 30.3 Å². The first kappa shape index (κ1) is 102. The van der Waals surface area contributed by atoms with Crippen molar-refractivity contribution in [1.82, 2.24) is 31.9 Å². The van der Waals surface area contributed by atoms with Gasteiger partial charge in [0.2, 0.25) is 17.7 Å². The van der Waals surface area contributed by atoms with Crippen LogP contribution in [0.25, 0.3) is 0 Å². The summed E-state index contributed by atoms with van der Waals surface area (Å²) in [5.74, 6) is -14.0. The van der Waals surface area contributed by atoms with E-state index in [2.05, 4.69) is 42.5 Å². The average molecular weight is 1760 g/mol. The number of methoxy groups -OCH3 is 1. The van der Waals surface area contributed by atoms with Crippen LogP contribution >= 0.6 is 0 Å². The van der Waals surface area contributed by atoms with Gasteiger partial charge in [0.1, 0.15) is 74.8 Å². The van der Waals surface area contributed by atoms with Crippen molar-refractivity contribution in [2.75, 3.05) is 28.9 Å². The number of urea groups is 3. The Morgan fingerprint density at radius 3 is 1.30 bits per heavy atom. The number of carbonyl (C=O) groups is 14. The molecule has 42 nitrogen and oxygen atoms in total. The number of non-ortho nitro benzene ring substituents is 1. The maximum Gasteiger partial charge on any atom is 1.00 e. The van der Waals surface area contributed by atoms with Gasteiger partial charge in [-0.05, 0) is 121 Å². The molecule has 8 aromatic carbocycles. The number of rotatable bonds is 35. The normalized spacial score (nSPS) is 11.9. The number of hydrogen-bond donors (Lipinski definition) is 16. The number of aromatic carboxylic acids is 1. The van der Waals surface area contributed by atoms with Crippen LogP contribution in [0.2, 0.25) is 0 Å². The van der Waals surface area contributed by atoms with E-state index in [9.17, 15) is 106 Å². The summed E-state index contributed by atoms with van der Waals surface area (Å²) in [4.78, 5) is 181. The van der Waals surface area contributed by atoms with Crippen LogP contribution in [0.3, 0.4) is 0 Å². The minimum absolute atomic E-state index is 0. The molecule has 0 aliphatic rings. The number of aliphatic carboxylic acids is 4. The molecule has 9 amide bonds. The van der Waals surface area contributed by atoms with Gasteiger partial charge in [0.15, 0.2) is 6.10 Å². The monoisotopic (exact) mass is 1760 g/mol. The molecule has 17 N–H and O–H groups in total. The number of anilines is 3. The summed E-state index contributed by atoms with van der Waals surface area (Å²) in [6.07, 6.45) is -3.85. The molecule has 0 bridgehead atoms. The van der Waals surface area contributed by atoms with E-state index in [1.54, 1.807) is 122 Å². The molecular weight excluding hydrogens is 1680 g/mol. The number of ether oxygens (including phenoxy) is 4. The van der Waals surface area contributed by atoms with Crippen LogP contribution in [0.1, 0.15) is 64.4 Å². The fourth-order valence-electron chi connectivity index (χ4n) is 9.98. The number of carboxylic acids is 5. The molecule has 1 unspecified atom stereocenters. The van der Waals surface area contributed by atoms with Crippen LogP contribution in [0.4, 0.5) is 37.1 Å². The molecule has 0 aromatic heterocycles. The topological polar surface area (TPSA) is 679 Å². The fourth-order valence-corrected chi connectivity index (χ4v) is 10.3. The van der Waals surface area contributed by atoms with E-state index in [0.29, 0.717) is 45.0 Å². The standard InChI is InChI=1S/C34H34N6O10.C27H24N4O11.C10H12O4.C9H9N3O4S.K/c35-19-22-11-13-23(14-12-22)37-34(49)40-25(31(45)38-26(32(46)47)15-20-7-3-1-4-8-20)18-29(43)50-33(48)27(16-21-9-5-2-6-10-21)39-30(44)24(36)17-28(41)42;32-22-13-18(10-11-19(22)25(36)37)42-26(38)21(12-15-4-2-1-3-5-15)29-24(35)20(14-23(33)34)30-27(39)28-16-6-8-17(9-7-16)31(40)41;1-7(10(11)12)14-9-5-3-8(13-2)4-6-9;10-5-7-1-3-8(4-2-7)12-9(13)11-6-17(14,15)16;/h1-14,24-27H,15-18,36H2,(H,38,45)(H,39,44)(H,41,42)(H,46,47)(H2,37,40,49);1-11,13,20-21,32H,12,14H2,(H,29,35)(H,33,34)(H,36,37)(H2,28,30,39);3-7H,1-2H3,(H,11,12);1-4H,6H2,(H2,11,12,13)(H,14,15,16);/q;;;;+1/p-1/t24-,25-,26-,27-;20-,21-;;;/m00.../s1. The molecule has 0 saturated heterocycles. The molecule has 0 heterocycles. The Bertz CT molecular complexity index is 5270. The maximum absolute atomic E-state index is 13.4. The molecule has 0 saturated carbocycles. The molecule has 0 aliphatic heterocycles. The third-order valence-corrected chi connectivity index (χ3v) is 16.5. The maximum atomic E-state index is 13.4. The number of nitrogens with two attached hydrogens (primary N) is 1. The predicted molar refractivity (Wildman–Crippen MR) is 427 cm³/mol. The van der Waals surface area contributed by atoms with Gasteiger partial charge in [-0.15, -0.1) is 0 Å². The molecule has 0 fully saturated rings. The average Bonchev–Trinajstić information content (AvgIpc) is 0.842. The summed E-state index contributed by atoms with van der Waals surface area (Å²) >= 11 is 0. The van der Waals surface area contributed by atoms with Gasteiger partial charge >= 0.3 is 117 Å². The smallest absolute Gasteiger partial charge is 0.747 e. The van der Waals surface area contributed by atoms with Gasteiger partial charge in [-0.25, -0.2) is 46.8 Å². The van der Waals surface area contributed by atoms with Crippen molar-refractivity contribution < 1.29 is 186 Å². The Hall–Kier alpha value is -14.8. The van der Waals surface area contributed by atoms with Crippen LogP contribution in [-0.2, 0) is 82.1 Å². The van der Waals surface area contributed by atoms with E-state index >= 15 is 0 Å². The summed E-state index contributed by atoms with van der Waals surface area (Å²) in [5.41, 5.74) is 8.11. The number of phenols is 1. The Balaban J connectivity index is 0.000000387. The van der Waals surface area contributed by atoms with E-state index in [4.69, 9.17) is 50.5 Å². The summed E-state index contributed by atoms with van der Waals surface area (Å²) < 4.78 is 51.0. The summed E-state index contributed by atoms with van der Waals surface area (Å²) in [7, 11) is -2.92. The molecular formula is C80H78KN13O29S. The number of hydrogen-bond acceptors (Lipinski definition) is 27. The molecule has 0 radical (unpaired) electrons. The van der Waals surface area contributed by atoms with E-state index in [1.807, 2.05) is 17.5 Å². The van der Waals surface area contributed by atoms with Gasteiger partial charge < -0.3 is 108 Å². The van der Waals surface area contributed by atoms with Gasteiger partial charge in [0.05, 0.1) is 60.6 Å². The SMILES string of the molecule is COc1ccc(OC(C)C(=O)O)cc1.N#Cc1ccc(NC(=O)NCS(=O)(=O)[O-])cc1.N#Cc1ccc(NC(=O)N[C@@H](CC(=O)OC(=O)[C@H](Cc2ccccc2)NC(=O)[C@@H](N)CC(=O)O)C(=O)N[C@@H](Cc2ccccc2)C(=O)O)cc1.O=C(O)C[C@H](NC(=O)Nc1ccc([N+](=O)[O-])cc1)C(=O)N[C@@H](Cc1ccccc1)C(=O)Oc1ccc(C(=O)O)c(O)c1.[K+]. The number of nitro benzene ring substituents is 1. The zero-order chi connectivity index (χ0) is 90.9. The molecule has 0 aliphatic carbocycles. The number of nitrogens with one attached hydrogen (secondary N) is 9. The van der Waals surface area contributed by atoms with Crippen molar-refractivity contribution in [3.05, 3.63) is 250 Å². The third kappa shape index (κ3) is 38.1. The number of aromatic hydroxyl groups is 1. The van der Waals surface area contributed by atoms with Crippen LogP contribution in [-0.4, -0.2) is 187 Å². The molecule has 8 aromatic rings. The Morgan fingerprint density at radius 2 is 0.895 bits per heavy atom. The van der Waals surface area contributed by atoms with Gasteiger partial charge in [-0.2, -0.15) is 10.5 Å². The van der Waals surface area contributed by atoms with Crippen molar-refractivity contribution in [1.29, 1.82) is 10.5 Å². The van der Waals surface area contributed by atoms with Crippen LogP contribution in [0.5, 0.6) is 23.0 Å². The quantitative estimate of drug-likeness (QED) is 0.00513. The first-order valence-electron chi connectivity index (χ1n) is 35.7. The second kappa shape index (κ2) is 51.6. The van der Waals surface area contributed by atoms with Crippen molar-refractivity contribution in [3.63, 3.8) is 0 Å². The van der Waals surface area contributed by atoms with Crippen LogP contribution < -0.4 is 119 Å². The fraction of sp³-hybridized carbons (Fsp3) is 0.200. The molecule has 0 spiro atoms. The minimum atomic E-state index is -4.49. The minimum Gasteiger partial charge on any atom is -0.747 e. The number of nitro groups is 1. The molecule has 7 atom stereocenters. The number of amides is 9. The zero-order valence-electron chi connectivity index (χ0n) is 65.5. The van der Waals surface area contributed by atoms with Crippen molar-refractivity contribution in [2.24, 2.45) is 5.73 Å². The second-order valence-electron chi connectivity index (χ2n) is 25.4. The summed E-state index contributed by atoms with van der Waals surface area (Å²) in [5, 5.41) is 104. The first-order valence-corrected chi connectivity index (χ1v) is 37.3. The predicted octanol–water partition coefficient (Wildman–Crippen LogP) is 1.88. The summed E-state index contributed by atoms with van der Waals surface area (Å²) in [6, 6.07) is 42.8. The van der Waals surface area contributed by atoms with Gasteiger partial charge in [0.25, 0.3) is 5.69 Å². The van der Waals surface area contributed by atoms with Gasteiger partial charge in [-0.3, -0.25) is 38.9 Å². The van der Waals surface area contributed by atoms with Crippen molar-refractivity contribution in [2.45, 2.75) is 87.8 Å². The van der Waals surface area contributed by atoms with Gasteiger partial charge in [-0.1, -0.05) is 91.0 Å². The van der Waals surface area contributed by atoms with Crippen LogP contribution in [0.15, 0.2) is 206 Å². The third-order valence-electron chi connectivity index (χ3n) is 16.0. The number of benzene rings is 8. The Morgan fingerprint density at radius 1 is 0.492 bits per heavy atom. The van der Waals surface area contributed by atoms with E-state index in [1.165, 1.54) is 67.6 Å². The Labute approximate surface area is 746 Å². The number of carbonyl (C=O) groups excluding carboxylic acids is 9. The molecule has 124 heavy (non-hydrogen) atoms. The first-order chi connectivity index (χ1) is 58.3. The van der Waals surface area contributed by atoms with E-state index < -0.39 is 177 Å². The number of esters is 3.